The summed E-state index contributed by atoms with van der Waals surface area (Å²) in [6, 6.07) is 8.98. The summed E-state index contributed by atoms with van der Waals surface area (Å²) in [5.74, 6) is 1.92. The first-order valence-electron chi connectivity index (χ1n) is 10.9. The summed E-state index contributed by atoms with van der Waals surface area (Å²) >= 11 is 0. The lowest BCUT2D eigenvalue weighted by Crippen LogP contribution is -2.40. The molecule has 0 spiro atoms. The topological polar surface area (TPSA) is 49.3 Å². The number of rotatable bonds is 7. The fourth-order valence-electron chi connectivity index (χ4n) is 4.17. The fourth-order valence-corrected chi connectivity index (χ4v) is 4.17. The van der Waals surface area contributed by atoms with Crippen LogP contribution in [0.25, 0.3) is 0 Å². The Kier molecular flexibility index (Phi) is 7.78. The minimum atomic E-state index is 0.364. The van der Waals surface area contributed by atoms with Crippen molar-refractivity contribution in [2.45, 2.75) is 45.7 Å². The molecule has 0 saturated carbocycles. The lowest BCUT2D eigenvalue weighted by molar-refractivity contribution is 0.0392. The highest BCUT2D eigenvalue weighted by atomic mass is 16.5. The molecule has 0 unspecified atom stereocenters. The average Bonchev–Trinajstić information content (AvgIpc) is 3.09. The molecule has 1 aromatic rings. The van der Waals surface area contributed by atoms with Crippen molar-refractivity contribution in [3.8, 4) is 5.75 Å². The Hall–Kier alpha value is -1.79. The molecule has 6 nitrogen and oxygen atoms in total. The number of aliphatic imine (C=N–C) groups is 1. The van der Waals surface area contributed by atoms with Crippen molar-refractivity contribution < 1.29 is 9.47 Å². The Morgan fingerprint density at radius 2 is 2.14 bits per heavy atom. The van der Waals surface area contributed by atoms with Crippen LogP contribution in [0.1, 0.15) is 38.7 Å². The van der Waals surface area contributed by atoms with Crippen LogP contribution < -0.4 is 10.1 Å². The maximum atomic E-state index is 6.03. The number of ether oxygens (including phenoxy) is 2. The molecule has 0 bridgehead atoms. The summed E-state index contributed by atoms with van der Waals surface area (Å²) in [5.41, 5.74) is 1.57. The van der Waals surface area contributed by atoms with Gasteiger partial charge in [0.05, 0.1) is 0 Å². The van der Waals surface area contributed by atoms with E-state index in [2.05, 4.69) is 59.2 Å². The van der Waals surface area contributed by atoms with Gasteiger partial charge in [0.2, 0.25) is 0 Å². The van der Waals surface area contributed by atoms with Gasteiger partial charge in [0.15, 0.2) is 5.96 Å². The van der Waals surface area contributed by atoms with Crippen molar-refractivity contribution in [2.24, 2.45) is 10.4 Å². The van der Waals surface area contributed by atoms with Crippen molar-refractivity contribution in [1.29, 1.82) is 0 Å². The van der Waals surface area contributed by atoms with E-state index >= 15 is 0 Å². The van der Waals surface area contributed by atoms with Crippen molar-refractivity contribution in [2.75, 3.05) is 53.6 Å². The molecule has 0 radical (unpaired) electrons. The summed E-state index contributed by atoms with van der Waals surface area (Å²) in [5, 5.41) is 3.51. The summed E-state index contributed by atoms with van der Waals surface area (Å²) in [6.07, 6.45) is 3.44. The monoisotopic (exact) mass is 402 g/mol. The van der Waals surface area contributed by atoms with Gasteiger partial charge in [0.1, 0.15) is 12.4 Å². The van der Waals surface area contributed by atoms with Gasteiger partial charge >= 0.3 is 0 Å². The minimum absolute atomic E-state index is 0.364. The molecule has 2 fully saturated rings. The van der Waals surface area contributed by atoms with Gasteiger partial charge in [0.25, 0.3) is 0 Å². The zero-order chi connectivity index (χ0) is 20.7. The Labute approximate surface area is 176 Å². The third-order valence-electron chi connectivity index (χ3n) is 6.06. The Morgan fingerprint density at radius 1 is 1.34 bits per heavy atom. The van der Waals surface area contributed by atoms with E-state index in [1.54, 1.807) is 0 Å². The molecule has 3 rings (SSSR count). The van der Waals surface area contributed by atoms with E-state index < -0.39 is 0 Å². The largest absolute Gasteiger partial charge is 0.492 e. The molecule has 2 heterocycles. The lowest BCUT2D eigenvalue weighted by Gasteiger charge is -2.31. The van der Waals surface area contributed by atoms with Crippen LogP contribution in [-0.4, -0.2) is 75.4 Å². The van der Waals surface area contributed by atoms with Gasteiger partial charge in [-0.1, -0.05) is 26.0 Å². The van der Waals surface area contributed by atoms with Crippen LogP contribution in [0, 0.1) is 5.41 Å². The smallest absolute Gasteiger partial charge is 0.193 e. The maximum Gasteiger partial charge on any atom is 0.193 e. The molecule has 0 amide bonds. The van der Waals surface area contributed by atoms with Crippen LogP contribution in [0.3, 0.4) is 0 Å². The Balaban J connectivity index is 1.44. The molecule has 2 aliphatic rings. The summed E-state index contributed by atoms with van der Waals surface area (Å²) < 4.78 is 11.5. The van der Waals surface area contributed by atoms with Crippen LogP contribution in [0.5, 0.6) is 5.75 Å². The second-order valence-corrected chi connectivity index (χ2v) is 9.06. The first-order valence-corrected chi connectivity index (χ1v) is 10.9. The SMILES string of the molecule is CN=C(NCc1cccc(OCCN(C)C2CCOCC2)c1)N1CCC(C)(C)C1. The third kappa shape index (κ3) is 6.61. The zero-order valence-corrected chi connectivity index (χ0v) is 18.6. The minimum Gasteiger partial charge on any atom is -0.492 e. The molecular formula is C23H38N4O2. The molecule has 2 saturated heterocycles. The van der Waals surface area contributed by atoms with Crippen molar-refractivity contribution in [3.63, 3.8) is 0 Å². The van der Waals surface area contributed by atoms with Crippen LogP contribution in [0.4, 0.5) is 0 Å². The predicted molar refractivity (Wildman–Crippen MR) is 119 cm³/mol. The van der Waals surface area contributed by atoms with Gasteiger partial charge in [0, 0.05) is 52.5 Å². The number of nitrogens with zero attached hydrogens (tertiary/aromatic N) is 3. The van der Waals surface area contributed by atoms with Crippen molar-refractivity contribution in [1.82, 2.24) is 15.1 Å². The maximum absolute atomic E-state index is 6.03. The van der Waals surface area contributed by atoms with Gasteiger partial charge in [-0.05, 0) is 49.4 Å². The molecule has 162 valence electrons. The molecule has 0 aromatic heterocycles. The predicted octanol–water partition coefficient (Wildman–Crippen LogP) is 2.98. The molecule has 1 aromatic carbocycles. The number of likely N-dealkylation sites (tertiary alicyclic amines) is 1. The van der Waals surface area contributed by atoms with Gasteiger partial charge in [-0.3, -0.25) is 9.89 Å². The average molecular weight is 403 g/mol. The molecular weight excluding hydrogens is 364 g/mol. The van der Waals surface area contributed by atoms with E-state index in [0.717, 1.165) is 63.9 Å². The van der Waals surface area contributed by atoms with Crippen LogP contribution in [0.15, 0.2) is 29.3 Å². The highest BCUT2D eigenvalue weighted by molar-refractivity contribution is 5.80. The Morgan fingerprint density at radius 3 is 2.83 bits per heavy atom. The van der Waals surface area contributed by atoms with Crippen LogP contribution >= 0.6 is 0 Å². The van der Waals surface area contributed by atoms with Crippen LogP contribution in [-0.2, 0) is 11.3 Å². The van der Waals surface area contributed by atoms with E-state index in [1.807, 2.05) is 13.1 Å². The standard InChI is InChI=1S/C23H38N4O2/c1-23(2)10-11-27(18-23)22(24-3)25-17-19-6-5-7-21(16-19)29-15-12-26(4)20-8-13-28-14-9-20/h5-7,16,20H,8-15,17-18H2,1-4H3,(H,24,25). The van der Waals surface area contributed by atoms with E-state index in [-0.39, 0.29) is 0 Å². The first-order chi connectivity index (χ1) is 14.0. The zero-order valence-electron chi connectivity index (χ0n) is 18.6. The summed E-state index contributed by atoms with van der Waals surface area (Å²) in [7, 11) is 4.05. The molecule has 0 atom stereocenters. The summed E-state index contributed by atoms with van der Waals surface area (Å²) in [4.78, 5) is 9.22. The number of hydrogen-bond acceptors (Lipinski definition) is 4. The van der Waals surface area contributed by atoms with Crippen molar-refractivity contribution in [3.05, 3.63) is 29.8 Å². The van der Waals surface area contributed by atoms with Crippen molar-refractivity contribution >= 4 is 5.96 Å². The highest BCUT2D eigenvalue weighted by Crippen LogP contribution is 2.28. The van der Waals surface area contributed by atoms with Gasteiger partial charge in [-0.25, -0.2) is 0 Å². The second kappa shape index (κ2) is 10.3. The van der Waals surface area contributed by atoms with E-state index in [1.165, 1.54) is 12.0 Å². The normalized spacial score (nSPS) is 20.3. The van der Waals surface area contributed by atoms with Gasteiger partial charge < -0.3 is 19.7 Å². The van der Waals surface area contributed by atoms with Crippen LogP contribution in [0.2, 0.25) is 0 Å². The number of benzene rings is 1. The number of hydrogen-bond donors (Lipinski definition) is 1. The molecule has 0 aliphatic carbocycles. The van der Waals surface area contributed by atoms with E-state index in [9.17, 15) is 0 Å². The molecule has 1 N–H and O–H groups in total. The first kappa shape index (κ1) is 21.9. The molecule has 29 heavy (non-hydrogen) atoms. The van der Waals surface area contributed by atoms with Gasteiger partial charge in [-0.2, -0.15) is 0 Å². The lowest BCUT2D eigenvalue weighted by atomic mass is 9.93. The third-order valence-corrected chi connectivity index (χ3v) is 6.06. The number of likely N-dealkylation sites (N-methyl/N-ethyl adjacent to an activating group) is 1. The molecule has 6 heteroatoms. The number of nitrogens with one attached hydrogen (secondary N) is 1. The number of guanidine groups is 1. The summed E-state index contributed by atoms with van der Waals surface area (Å²) in [6.45, 7) is 10.9. The van der Waals surface area contributed by atoms with E-state index in [4.69, 9.17) is 9.47 Å². The fraction of sp³-hybridized carbons (Fsp3) is 0.696. The molecule has 2 aliphatic heterocycles. The highest BCUT2D eigenvalue weighted by Gasteiger charge is 2.30. The quantitative estimate of drug-likeness (QED) is 0.561. The van der Waals surface area contributed by atoms with E-state index in [0.29, 0.717) is 18.1 Å². The second-order valence-electron chi connectivity index (χ2n) is 9.06. The van der Waals surface area contributed by atoms with Gasteiger partial charge in [-0.15, -0.1) is 0 Å². The Bertz CT molecular complexity index is 671.